The van der Waals surface area contributed by atoms with Crippen LogP contribution in [0.3, 0.4) is 0 Å². The van der Waals surface area contributed by atoms with Crippen molar-refractivity contribution >= 4 is 17.7 Å². The maximum absolute atomic E-state index is 15.7. The topological polar surface area (TPSA) is 125 Å². The minimum absolute atomic E-state index is 0.0849. The first-order valence-corrected chi connectivity index (χ1v) is 20.1. The highest BCUT2D eigenvalue weighted by atomic mass is 16.7. The third-order valence-electron chi connectivity index (χ3n) is 16.3. The molecule has 13 unspecified atom stereocenters. The molecule has 278 valence electrons. The zero-order valence-corrected chi connectivity index (χ0v) is 30.4. The zero-order valence-electron chi connectivity index (χ0n) is 30.4. The van der Waals surface area contributed by atoms with Crippen molar-refractivity contribution in [1.29, 1.82) is 0 Å². The molecule has 13 atom stereocenters. The Morgan fingerprint density at radius 2 is 1.65 bits per heavy atom. The van der Waals surface area contributed by atoms with Crippen LogP contribution >= 0.6 is 0 Å². The Morgan fingerprint density at radius 1 is 0.865 bits per heavy atom. The number of esters is 2. The summed E-state index contributed by atoms with van der Waals surface area (Å²) in [7, 11) is 0. The molecule has 2 aromatic rings. The SMILES string of the molecule is CC1(C2CCCCC2)OC2CC(=O)OCC23C1C(=O)C(O)C1(C2CCCC(Cc4ccccc4)C2)C3CCC2(C)C(c3ccoc3)OC(=O)C3OC321. The lowest BCUT2D eigenvalue weighted by atomic mass is 9.32. The highest BCUT2D eigenvalue weighted by Crippen LogP contribution is 2.83. The molecule has 1 aromatic carbocycles. The number of aliphatic hydroxyl groups excluding tert-OH is 1. The lowest BCUT2D eigenvalue weighted by Crippen LogP contribution is -2.79. The monoisotopic (exact) mass is 712 g/mol. The van der Waals surface area contributed by atoms with Gasteiger partial charge in [0.15, 0.2) is 11.9 Å². The van der Waals surface area contributed by atoms with Gasteiger partial charge in [-0.1, -0.05) is 69.4 Å². The smallest absolute Gasteiger partial charge is 0.339 e. The molecule has 2 spiro atoms. The van der Waals surface area contributed by atoms with E-state index in [0.717, 1.165) is 69.8 Å². The van der Waals surface area contributed by atoms with Crippen molar-refractivity contribution in [3.63, 3.8) is 0 Å². The standard InChI is InChI=1S/C43H52O9/c1-39-18-16-30-41-24-49-32(44)22-31(41)51-40(2,28-13-7-4-8-14-28)34(41)33(45)35(46)42(30,29-15-9-12-26(21-29)20-25-10-5-3-6-11-25)43(39)37(52-43)38(47)50-36(39)27-17-19-48-23-27/h3,5-6,10-11,17,19,23,26,28-31,34-37,46H,4,7-9,12-16,18,20-22,24H2,1-2H3. The number of ether oxygens (including phenoxy) is 4. The number of epoxide rings is 1. The highest BCUT2D eigenvalue weighted by Gasteiger charge is 2.93. The van der Waals surface area contributed by atoms with Crippen molar-refractivity contribution in [3.8, 4) is 0 Å². The summed E-state index contributed by atoms with van der Waals surface area (Å²) in [6.07, 6.45) is 11.0. The number of Topliss-reactive ketones (excluding diaryl/α,β-unsaturated/α-hetero) is 1. The molecule has 52 heavy (non-hydrogen) atoms. The van der Waals surface area contributed by atoms with Crippen LogP contribution in [0.5, 0.6) is 0 Å². The second-order valence-electron chi connectivity index (χ2n) is 18.3. The largest absolute Gasteiger partial charge is 0.472 e. The van der Waals surface area contributed by atoms with E-state index in [2.05, 4.69) is 38.1 Å². The Labute approximate surface area is 305 Å². The summed E-state index contributed by atoms with van der Waals surface area (Å²) in [6, 6.07) is 12.4. The summed E-state index contributed by atoms with van der Waals surface area (Å²) in [5.74, 6) is -1.50. The molecule has 4 aliphatic carbocycles. The van der Waals surface area contributed by atoms with Crippen LogP contribution in [0.2, 0.25) is 0 Å². The summed E-state index contributed by atoms with van der Waals surface area (Å²) in [5, 5.41) is 13.4. The number of hydrogen-bond acceptors (Lipinski definition) is 9. The fourth-order valence-electron chi connectivity index (χ4n) is 14.5. The Kier molecular flexibility index (Phi) is 7.42. The lowest BCUT2D eigenvalue weighted by Gasteiger charge is -2.70. The summed E-state index contributed by atoms with van der Waals surface area (Å²) < 4.78 is 32.1. The zero-order chi connectivity index (χ0) is 35.7. The number of carbonyl (C=O) groups excluding carboxylic acids is 3. The summed E-state index contributed by atoms with van der Waals surface area (Å²) in [4.78, 5) is 43.1. The molecule has 5 heterocycles. The van der Waals surface area contributed by atoms with Gasteiger partial charge in [-0.3, -0.25) is 9.59 Å². The van der Waals surface area contributed by atoms with Crippen molar-refractivity contribution in [2.24, 2.45) is 45.8 Å². The summed E-state index contributed by atoms with van der Waals surface area (Å²) in [6.45, 7) is 4.33. The fourth-order valence-corrected chi connectivity index (χ4v) is 14.5. The Bertz CT molecular complexity index is 1750. The first kappa shape index (κ1) is 33.6. The van der Waals surface area contributed by atoms with Crippen LogP contribution in [0.15, 0.2) is 53.3 Å². The van der Waals surface area contributed by atoms with Gasteiger partial charge in [0.2, 0.25) is 0 Å². The molecule has 4 saturated heterocycles. The average molecular weight is 713 g/mol. The molecule has 8 aliphatic rings. The van der Waals surface area contributed by atoms with Crippen LogP contribution in [0.25, 0.3) is 0 Å². The Morgan fingerprint density at radius 3 is 2.42 bits per heavy atom. The number of aliphatic hydroxyl groups is 1. The van der Waals surface area contributed by atoms with E-state index >= 15 is 4.79 Å². The van der Waals surface area contributed by atoms with E-state index in [-0.39, 0.29) is 42.5 Å². The van der Waals surface area contributed by atoms with Crippen LogP contribution in [0.4, 0.5) is 0 Å². The molecule has 0 bridgehead atoms. The van der Waals surface area contributed by atoms with E-state index in [1.54, 1.807) is 12.5 Å². The number of carbonyl (C=O) groups is 3. The van der Waals surface area contributed by atoms with Gasteiger partial charge in [0, 0.05) is 21.8 Å². The first-order valence-electron chi connectivity index (χ1n) is 20.1. The van der Waals surface area contributed by atoms with E-state index < -0.39 is 63.8 Å². The van der Waals surface area contributed by atoms with E-state index in [1.807, 2.05) is 12.1 Å². The Balaban J connectivity index is 1.17. The summed E-state index contributed by atoms with van der Waals surface area (Å²) in [5.41, 5.74) is -2.69. The molecule has 9 heteroatoms. The van der Waals surface area contributed by atoms with E-state index in [1.165, 1.54) is 5.56 Å². The van der Waals surface area contributed by atoms with Crippen molar-refractivity contribution in [2.45, 2.75) is 133 Å². The van der Waals surface area contributed by atoms with Crippen LogP contribution in [-0.4, -0.2) is 58.9 Å². The van der Waals surface area contributed by atoms with Gasteiger partial charge in [0.25, 0.3) is 0 Å². The molecule has 8 fully saturated rings. The number of ketones is 1. The Hall–Kier alpha value is -3.01. The van der Waals surface area contributed by atoms with Gasteiger partial charge in [0.05, 0.1) is 36.6 Å². The van der Waals surface area contributed by atoms with Gasteiger partial charge in [-0.15, -0.1) is 0 Å². The van der Waals surface area contributed by atoms with E-state index in [9.17, 15) is 14.7 Å². The maximum atomic E-state index is 15.7. The molecule has 4 aliphatic heterocycles. The molecule has 1 N–H and O–H groups in total. The molecule has 4 saturated carbocycles. The molecule has 10 rings (SSSR count). The van der Waals surface area contributed by atoms with Crippen molar-refractivity contribution < 1.29 is 42.9 Å². The maximum Gasteiger partial charge on any atom is 0.339 e. The number of rotatable bonds is 5. The van der Waals surface area contributed by atoms with Gasteiger partial charge >= 0.3 is 11.9 Å². The van der Waals surface area contributed by atoms with E-state index in [4.69, 9.17) is 23.4 Å². The minimum Gasteiger partial charge on any atom is -0.472 e. The van der Waals surface area contributed by atoms with Crippen molar-refractivity contribution in [2.75, 3.05) is 6.61 Å². The third-order valence-corrected chi connectivity index (χ3v) is 16.3. The quantitative estimate of drug-likeness (QED) is 0.267. The molecule has 0 amide bonds. The van der Waals surface area contributed by atoms with Crippen LogP contribution in [0.1, 0.15) is 108 Å². The lowest BCUT2D eigenvalue weighted by molar-refractivity contribution is -0.276. The van der Waals surface area contributed by atoms with Crippen molar-refractivity contribution in [3.05, 3.63) is 60.1 Å². The van der Waals surface area contributed by atoms with Gasteiger partial charge in [-0.25, -0.2) is 4.79 Å². The van der Waals surface area contributed by atoms with Gasteiger partial charge in [0.1, 0.15) is 24.4 Å². The van der Waals surface area contributed by atoms with Gasteiger partial charge in [-0.05, 0) is 87.2 Å². The minimum atomic E-state index is -1.38. The summed E-state index contributed by atoms with van der Waals surface area (Å²) >= 11 is 0. The fraction of sp³-hybridized carbons (Fsp3) is 0.698. The number of hydrogen-bond donors (Lipinski definition) is 1. The molecule has 0 radical (unpaired) electrons. The number of furan rings is 1. The molecule has 9 nitrogen and oxygen atoms in total. The van der Waals surface area contributed by atoms with E-state index in [0.29, 0.717) is 18.8 Å². The van der Waals surface area contributed by atoms with Crippen LogP contribution < -0.4 is 0 Å². The van der Waals surface area contributed by atoms with Crippen molar-refractivity contribution in [1.82, 2.24) is 0 Å². The first-order chi connectivity index (χ1) is 25.1. The van der Waals surface area contributed by atoms with Gasteiger partial charge < -0.3 is 28.5 Å². The second-order valence-corrected chi connectivity index (χ2v) is 18.3. The molecule has 1 aromatic heterocycles. The predicted octanol–water partition coefficient (Wildman–Crippen LogP) is 6.70. The van der Waals surface area contributed by atoms with Crippen LogP contribution in [-0.2, 0) is 39.8 Å². The third kappa shape index (κ3) is 4.08. The molecular formula is C43H52O9. The normalized spacial score (nSPS) is 48.3. The molecular weight excluding hydrogens is 660 g/mol. The van der Waals surface area contributed by atoms with Crippen LogP contribution in [0, 0.1) is 45.8 Å². The number of fused-ring (bicyclic) bond motifs is 1. The number of cyclic esters (lactones) is 2. The number of benzene rings is 1. The van der Waals surface area contributed by atoms with Gasteiger partial charge in [-0.2, -0.15) is 0 Å². The highest BCUT2D eigenvalue weighted by molar-refractivity contribution is 5.92. The predicted molar refractivity (Wildman–Crippen MR) is 186 cm³/mol. The second kappa shape index (κ2) is 11.5. The average Bonchev–Trinajstić information content (AvgIpc) is 3.58.